The maximum absolute atomic E-state index is 10.6. The zero-order valence-corrected chi connectivity index (χ0v) is 8.68. The molecule has 1 aromatic carbocycles. The number of morpholine rings is 1. The summed E-state index contributed by atoms with van der Waals surface area (Å²) in [6.45, 7) is 2.18. The molecular formula is C10H13N3O3. The van der Waals surface area contributed by atoms with Gasteiger partial charge in [0.25, 0.3) is 5.69 Å². The van der Waals surface area contributed by atoms with Gasteiger partial charge in [0.2, 0.25) is 0 Å². The Balaban J connectivity index is 2.02. The average molecular weight is 223 g/mol. The van der Waals surface area contributed by atoms with Gasteiger partial charge in [-0.3, -0.25) is 10.1 Å². The van der Waals surface area contributed by atoms with Crippen molar-refractivity contribution in [2.75, 3.05) is 25.0 Å². The predicted octanol–water partition coefficient (Wildman–Crippen LogP) is 0.953. The first kappa shape index (κ1) is 10.8. The van der Waals surface area contributed by atoms with Crippen LogP contribution < -0.4 is 10.6 Å². The van der Waals surface area contributed by atoms with Crippen molar-refractivity contribution in [3.05, 3.63) is 34.4 Å². The summed E-state index contributed by atoms with van der Waals surface area (Å²) in [6, 6.07) is 6.39. The maximum Gasteiger partial charge on any atom is 0.271 e. The summed E-state index contributed by atoms with van der Waals surface area (Å²) < 4.78 is 5.44. The summed E-state index contributed by atoms with van der Waals surface area (Å²) in [6.07, 6.45) is -0.129. The SMILES string of the molecule is O=[N+]([O-])c1cccc(NC2CNCCO2)c1. The Morgan fingerprint density at radius 2 is 2.44 bits per heavy atom. The normalized spacial score (nSPS) is 20.4. The van der Waals surface area contributed by atoms with E-state index in [4.69, 9.17) is 4.74 Å². The molecule has 86 valence electrons. The van der Waals surface area contributed by atoms with Gasteiger partial charge >= 0.3 is 0 Å². The summed E-state index contributed by atoms with van der Waals surface area (Å²) >= 11 is 0. The Kier molecular flexibility index (Phi) is 3.33. The lowest BCUT2D eigenvalue weighted by Gasteiger charge is -2.25. The number of nitrogens with zero attached hydrogens (tertiary/aromatic N) is 1. The lowest BCUT2D eigenvalue weighted by atomic mass is 10.2. The lowest BCUT2D eigenvalue weighted by Crippen LogP contribution is -2.42. The van der Waals surface area contributed by atoms with E-state index in [2.05, 4.69) is 10.6 Å². The minimum Gasteiger partial charge on any atom is -0.359 e. The molecule has 2 rings (SSSR count). The summed E-state index contributed by atoms with van der Waals surface area (Å²) in [5.74, 6) is 0. The second kappa shape index (κ2) is 4.91. The molecule has 1 aliphatic heterocycles. The van der Waals surface area contributed by atoms with Gasteiger partial charge in [-0.2, -0.15) is 0 Å². The molecule has 1 aliphatic rings. The predicted molar refractivity (Wildman–Crippen MR) is 59.3 cm³/mol. The van der Waals surface area contributed by atoms with Crippen molar-refractivity contribution in [2.45, 2.75) is 6.23 Å². The van der Waals surface area contributed by atoms with Gasteiger partial charge in [-0.1, -0.05) is 6.07 Å². The van der Waals surface area contributed by atoms with E-state index in [0.717, 1.165) is 6.54 Å². The molecule has 6 heteroatoms. The van der Waals surface area contributed by atoms with Crippen molar-refractivity contribution in [1.82, 2.24) is 5.32 Å². The zero-order chi connectivity index (χ0) is 11.4. The van der Waals surface area contributed by atoms with Gasteiger partial charge in [-0.15, -0.1) is 0 Å². The second-order valence-corrected chi connectivity index (χ2v) is 3.52. The van der Waals surface area contributed by atoms with Crippen LogP contribution in [0.1, 0.15) is 0 Å². The fraction of sp³-hybridized carbons (Fsp3) is 0.400. The van der Waals surface area contributed by atoms with Gasteiger partial charge in [0.15, 0.2) is 0 Å². The van der Waals surface area contributed by atoms with Crippen molar-refractivity contribution in [3.63, 3.8) is 0 Å². The average Bonchev–Trinajstić information content (AvgIpc) is 2.30. The van der Waals surface area contributed by atoms with Crippen molar-refractivity contribution in [1.29, 1.82) is 0 Å². The third-order valence-corrected chi connectivity index (χ3v) is 2.31. The number of nitrogens with one attached hydrogen (secondary N) is 2. The van der Waals surface area contributed by atoms with E-state index in [1.165, 1.54) is 12.1 Å². The minimum absolute atomic E-state index is 0.0776. The van der Waals surface area contributed by atoms with Gasteiger partial charge < -0.3 is 15.4 Å². The number of non-ortho nitro benzene ring substituents is 1. The highest BCUT2D eigenvalue weighted by molar-refractivity contribution is 5.51. The van der Waals surface area contributed by atoms with Gasteiger partial charge in [-0.25, -0.2) is 0 Å². The molecule has 0 saturated carbocycles. The van der Waals surface area contributed by atoms with Crippen LogP contribution >= 0.6 is 0 Å². The molecule has 1 unspecified atom stereocenters. The molecule has 1 atom stereocenters. The summed E-state index contributed by atoms with van der Waals surface area (Å²) in [5, 5.41) is 16.8. The molecule has 0 radical (unpaired) electrons. The topological polar surface area (TPSA) is 76.4 Å². The van der Waals surface area contributed by atoms with Crippen LogP contribution in [-0.4, -0.2) is 30.8 Å². The van der Waals surface area contributed by atoms with Gasteiger partial charge in [0, 0.05) is 30.9 Å². The highest BCUT2D eigenvalue weighted by Gasteiger charge is 2.13. The highest BCUT2D eigenvalue weighted by Crippen LogP contribution is 2.18. The first-order valence-electron chi connectivity index (χ1n) is 5.09. The number of ether oxygens (including phenoxy) is 1. The standard InChI is InChI=1S/C10H13N3O3/c14-13(15)9-3-1-2-8(6-9)12-10-7-11-4-5-16-10/h1-3,6,10-12H,4-5,7H2. The molecular weight excluding hydrogens is 210 g/mol. The molecule has 6 nitrogen and oxygen atoms in total. The van der Waals surface area contributed by atoms with E-state index in [1.807, 2.05) is 0 Å². The number of nitro groups is 1. The molecule has 0 aromatic heterocycles. The van der Waals surface area contributed by atoms with Crippen LogP contribution in [0.4, 0.5) is 11.4 Å². The largest absolute Gasteiger partial charge is 0.359 e. The van der Waals surface area contributed by atoms with E-state index >= 15 is 0 Å². The van der Waals surface area contributed by atoms with Crippen LogP contribution in [0.25, 0.3) is 0 Å². The summed E-state index contributed by atoms with van der Waals surface area (Å²) in [7, 11) is 0. The quantitative estimate of drug-likeness (QED) is 0.589. The Labute approximate surface area is 92.8 Å². The number of benzene rings is 1. The first-order chi connectivity index (χ1) is 7.75. The Hall–Kier alpha value is -1.66. The molecule has 16 heavy (non-hydrogen) atoms. The fourth-order valence-corrected chi connectivity index (χ4v) is 1.55. The smallest absolute Gasteiger partial charge is 0.271 e. The van der Waals surface area contributed by atoms with Crippen LogP contribution in [0.5, 0.6) is 0 Å². The molecule has 0 bridgehead atoms. The van der Waals surface area contributed by atoms with Crippen molar-refractivity contribution >= 4 is 11.4 Å². The van der Waals surface area contributed by atoms with Crippen molar-refractivity contribution in [3.8, 4) is 0 Å². The van der Waals surface area contributed by atoms with E-state index in [9.17, 15) is 10.1 Å². The molecule has 1 saturated heterocycles. The van der Waals surface area contributed by atoms with Crippen LogP contribution in [0, 0.1) is 10.1 Å². The van der Waals surface area contributed by atoms with Gasteiger partial charge in [0.05, 0.1) is 11.5 Å². The summed E-state index contributed by atoms with van der Waals surface area (Å²) in [5.41, 5.74) is 0.775. The third kappa shape index (κ3) is 2.68. The maximum atomic E-state index is 10.6. The Morgan fingerprint density at radius 1 is 1.56 bits per heavy atom. The fourth-order valence-electron chi connectivity index (χ4n) is 1.55. The van der Waals surface area contributed by atoms with E-state index in [1.54, 1.807) is 12.1 Å². The molecule has 0 aliphatic carbocycles. The van der Waals surface area contributed by atoms with Crippen LogP contribution in [0.3, 0.4) is 0 Å². The van der Waals surface area contributed by atoms with Gasteiger partial charge in [-0.05, 0) is 6.07 Å². The third-order valence-electron chi connectivity index (χ3n) is 2.31. The number of hydrogen-bond donors (Lipinski definition) is 2. The Morgan fingerprint density at radius 3 is 3.12 bits per heavy atom. The van der Waals surface area contributed by atoms with Crippen molar-refractivity contribution in [2.24, 2.45) is 0 Å². The van der Waals surface area contributed by atoms with E-state index in [0.29, 0.717) is 18.8 Å². The lowest BCUT2D eigenvalue weighted by molar-refractivity contribution is -0.384. The van der Waals surface area contributed by atoms with Crippen LogP contribution in [0.2, 0.25) is 0 Å². The van der Waals surface area contributed by atoms with Gasteiger partial charge in [0.1, 0.15) is 6.23 Å². The number of anilines is 1. The summed E-state index contributed by atoms with van der Waals surface area (Å²) in [4.78, 5) is 10.2. The second-order valence-electron chi connectivity index (χ2n) is 3.52. The molecule has 0 amide bonds. The number of nitro benzene ring substituents is 1. The minimum atomic E-state index is -0.412. The van der Waals surface area contributed by atoms with E-state index < -0.39 is 4.92 Å². The highest BCUT2D eigenvalue weighted by atomic mass is 16.6. The Bertz CT molecular complexity index is 377. The monoisotopic (exact) mass is 223 g/mol. The first-order valence-corrected chi connectivity index (χ1v) is 5.09. The molecule has 0 spiro atoms. The van der Waals surface area contributed by atoms with Crippen LogP contribution in [-0.2, 0) is 4.74 Å². The number of rotatable bonds is 3. The van der Waals surface area contributed by atoms with Crippen molar-refractivity contribution < 1.29 is 9.66 Å². The molecule has 1 aromatic rings. The molecule has 2 N–H and O–H groups in total. The van der Waals surface area contributed by atoms with E-state index in [-0.39, 0.29) is 11.9 Å². The number of hydrogen-bond acceptors (Lipinski definition) is 5. The zero-order valence-electron chi connectivity index (χ0n) is 8.68. The molecule has 1 heterocycles. The molecule has 1 fully saturated rings. The van der Waals surface area contributed by atoms with Crippen LogP contribution in [0.15, 0.2) is 24.3 Å².